The molecule has 0 bridgehead atoms. The second kappa shape index (κ2) is 7.75. The van der Waals surface area contributed by atoms with E-state index in [9.17, 15) is 0 Å². The molecular formula is C31H24NO+. The number of hydrogen-bond acceptors (Lipinski definition) is 1. The van der Waals surface area contributed by atoms with Gasteiger partial charge in [-0.25, -0.2) is 4.57 Å². The molecule has 0 spiro atoms. The number of furan rings is 1. The van der Waals surface area contributed by atoms with Crippen LogP contribution in [-0.4, -0.2) is 0 Å². The minimum absolute atomic E-state index is 0.936. The first-order chi connectivity index (χ1) is 16.2. The number of benzene rings is 4. The zero-order valence-electron chi connectivity index (χ0n) is 18.7. The van der Waals surface area contributed by atoms with Crippen molar-refractivity contribution in [3.05, 3.63) is 115 Å². The van der Waals surface area contributed by atoms with E-state index in [0.29, 0.717) is 0 Å². The third kappa shape index (κ3) is 3.23. The smallest absolute Gasteiger partial charge is 0.216 e. The second-order valence-corrected chi connectivity index (χ2v) is 8.56. The molecule has 2 heterocycles. The van der Waals surface area contributed by atoms with E-state index in [1.807, 2.05) is 6.07 Å². The Labute approximate surface area is 193 Å². The number of fused-ring (bicyclic) bond motifs is 3. The first-order valence-electron chi connectivity index (χ1n) is 11.3. The van der Waals surface area contributed by atoms with Crippen LogP contribution in [0.15, 0.2) is 114 Å². The number of rotatable bonds is 3. The van der Waals surface area contributed by atoms with Crippen molar-refractivity contribution in [1.82, 2.24) is 0 Å². The van der Waals surface area contributed by atoms with Gasteiger partial charge in [-0.1, -0.05) is 84.9 Å². The fourth-order valence-electron chi connectivity index (χ4n) is 4.76. The number of pyridine rings is 1. The van der Waals surface area contributed by atoms with Gasteiger partial charge in [-0.3, -0.25) is 0 Å². The van der Waals surface area contributed by atoms with Gasteiger partial charge in [-0.05, 0) is 35.2 Å². The molecule has 0 aliphatic rings. The maximum Gasteiger partial charge on any atom is 0.216 e. The van der Waals surface area contributed by atoms with Crippen LogP contribution in [0.4, 0.5) is 0 Å². The van der Waals surface area contributed by atoms with Crippen molar-refractivity contribution in [2.24, 2.45) is 7.05 Å². The Morgan fingerprint density at radius 2 is 1.27 bits per heavy atom. The zero-order chi connectivity index (χ0) is 22.4. The van der Waals surface area contributed by atoms with E-state index >= 15 is 0 Å². The summed E-state index contributed by atoms with van der Waals surface area (Å²) in [5.41, 5.74) is 10.1. The topological polar surface area (TPSA) is 17.0 Å². The highest BCUT2D eigenvalue weighted by molar-refractivity contribution is 6.13. The molecule has 0 unspecified atom stereocenters. The van der Waals surface area contributed by atoms with Gasteiger partial charge in [0.25, 0.3) is 0 Å². The molecule has 4 aromatic carbocycles. The number of nitrogens with zero attached hydrogens (tertiary/aromatic N) is 1. The van der Waals surface area contributed by atoms with Gasteiger partial charge in [0.15, 0.2) is 6.20 Å². The molecule has 0 aliphatic heterocycles. The van der Waals surface area contributed by atoms with Gasteiger partial charge in [-0.2, -0.15) is 0 Å². The molecule has 0 saturated carbocycles. The number of para-hydroxylation sites is 1. The third-order valence-corrected chi connectivity index (χ3v) is 6.49. The molecule has 6 rings (SSSR count). The van der Waals surface area contributed by atoms with Crippen LogP contribution in [0.2, 0.25) is 0 Å². The highest BCUT2D eigenvalue weighted by Crippen LogP contribution is 2.40. The standard InChI is InChI=1S/C31H24NO/c1-21-14-19-27-26-12-8-11-25(24-17-15-23(16-18-24)22-9-4-3-5-10-22)30(26)33-31(27)29(21)28-13-6-7-20-32(28)2/h3-20H,1-2H3/q+1. The van der Waals surface area contributed by atoms with Crippen molar-refractivity contribution in [3.8, 4) is 33.5 Å². The predicted molar refractivity (Wildman–Crippen MR) is 136 cm³/mol. The largest absolute Gasteiger partial charge is 0.454 e. The Hall–Kier alpha value is -4.17. The summed E-state index contributed by atoms with van der Waals surface area (Å²) in [6.45, 7) is 2.15. The number of hydrogen-bond donors (Lipinski definition) is 0. The molecule has 2 nitrogen and oxygen atoms in total. The van der Waals surface area contributed by atoms with Crippen molar-refractivity contribution < 1.29 is 8.98 Å². The van der Waals surface area contributed by atoms with Crippen LogP contribution in [0.1, 0.15) is 5.56 Å². The van der Waals surface area contributed by atoms with Gasteiger partial charge < -0.3 is 4.42 Å². The molecule has 2 heteroatoms. The maximum absolute atomic E-state index is 6.66. The quantitative estimate of drug-likeness (QED) is 0.265. The summed E-state index contributed by atoms with van der Waals surface area (Å²) in [6, 6.07) is 36.3. The summed E-state index contributed by atoms with van der Waals surface area (Å²) in [6.07, 6.45) is 2.08. The van der Waals surface area contributed by atoms with Crippen LogP contribution in [0, 0.1) is 6.92 Å². The first kappa shape index (κ1) is 19.5. The molecule has 2 aromatic heterocycles. The summed E-state index contributed by atoms with van der Waals surface area (Å²) in [5.74, 6) is 0. The molecular weight excluding hydrogens is 402 g/mol. The molecule has 0 amide bonds. The van der Waals surface area contributed by atoms with Gasteiger partial charge in [0, 0.05) is 28.5 Å². The summed E-state index contributed by atoms with van der Waals surface area (Å²) in [4.78, 5) is 0. The lowest BCUT2D eigenvalue weighted by Gasteiger charge is -2.06. The Balaban J connectivity index is 1.55. The van der Waals surface area contributed by atoms with Crippen molar-refractivity contribution in [2.75, 3.05) is 0 Å². The minimum atomic E-state index is 0.936. The molecule has 0 atom stereocenters. The molecule has 0 N–H and O–H groups in total. The zero-order valence-corrected chi connectivity index (χ0v) is 18.7. The SMILES string of the molecule is Cc1ccc2c(oc3c(-c4ccc(-c5ccccc5)cc4)cccc32)c1-c1cccc[n+]1C. The number of aryl methyl sites for hydroxylation is 2. The fraction of sp³-hybridized carbons (Fsp3) is 0.0645. The lowest BCUT2D eigenvalue weighted by molar-refractivity contribution is -0.660. The molecule has 6 aromatic rings. The van der Waals surface area contributed by atoms with Crippen LogP contribution in [0.25, 0.3) is 55.4 Å². The Bertz CT molecular complexity index is 1610. The first-order valence-corrected chi connectivity index (χ1v) is 11.3. The van der Waals surface area contributed by atoms with Crippen molar-refractivity contribution in [1.29, 1.82) is 0 Å². The van der Waals surface area contributed by atoms with E-state index < -0.39 is 0 Å². The lowest BCUT2D eigenvalue weighted by Crippen LogP contribution is -2.30. The van der Waals surface area contributed by atoms with E-state index in [2.05, 4.69) is 122 Å². The number of aromatic nitrogens is 1. The Morgan fingerprint density at radius 3 is 2.06 bits per heavy atom. The van der Waals surface area contributed by atoms with E-state index in [4.69, 9.17) is 4.42 Å². The van der Waals surface area contributed by atoms with Crippen molar-refractivity contribution in [3.63, 3.8) is 0 Å². The van der Waals surface area contributed by atoms with Crippen LogP contribution >= 0.6 is 0 Å². The molecule has 0 aliphatic carbocycles. The Kier molecular flexibility index (Phi) is 4.58. The summed E-state index contributed by atoms with van der Waals surface area (Å²) in [7, 11) is 2.08. The van der Waals surface area contributed by atoms with E-state index in [1.54, 1.807) is 0 Å². The van der Waals surface area contributed by atoms with Gasteiger partial charge in [0.2, 0.25) is 5.69 Å². The fourth-order valence-corrected chi connectivity index (χ4v) is 4.76. The summed E-state index contributed by atoms with van der Waals surface area (Å²) >= 11 is 0. The highest BCUT2D eigenvalue weighted by Gasteiger charge is 2.21. The van der Waals surface area contributed by atoms with Crippen LogP contribution in [0.3, 0.4) is 0 Å². The van der Waals surface area contributed by atoms with Crippen LogP contribution in [0.5, 0.6) is 0 Å². The second-order valence-electron chi connectivity index (χ2n) is 8.56. The van der Waals surface area contributed by atoms with Gasteiger partial charge in [-0.15, -0.1) is 0 Å². The molecule has 33 heavy (non-hydrogen) atoms. The van der Waals surface area contributed by atoms with Crippen molar-refractivity contribution in [2.45, 2.75) is 6.92 Å². The van der Waals surface area contributed by atoms with Gasteiger partial charge in [0.05, 0.1) is 5.56 Å². The predicted octanol–water partition coefficient (Wildman–Crippen LogP) is 7.72. The van der Waals surface area contributed by atoms with E-state index in [-0.39, 0.29) is 0 Å². The molecule has 158 valence electrons. The normalized spacial score (nSPS) is 11.3. The average Bonchev–Trinajstić information content (AvgIpc) is 3.24. The summed E-state index contributed by atoms with van der Waals surface area (Å²) < 4.78 is 8.81. The van der Waals surface area contributed by atoms with Crippen LogP contribution in [-0.2, 0) is 7.05 Å². The highest BCUT2D eigenvalue weighted by atomic mass is 16.3. The van der Waals surface area contributed by atoms with E-state index in [0.717, 1.165) is 44.3 Å². The maximum atomic E-state index is 6.66. The lowest BCUT2D eigenvalue weighted by atomic mass is 9.98. The van der Waals surface area contributed by atoms with Gasteiger partial charge >= 0.3 is 0 Å². The minimum Gasteiger partial charge on any atom is -0.454 e. The molecule has 0 radical (unpaired) electrons. The third-order valence-electron chi connectivity index (χ3n) is 6.49. The average molecular weight is 427 g/mol. The molecule has 0 fully saturated rings. The van der Waals surface area contributed by atoms with Crippen molar-refractivity contribution >= 4 is 21.9 Å². The van der Waals surface area contributed by atoms with Gasteiger partial charge in [0.1, 0.15) is 18.2 Å². The summed E-state index contributed by atoms with van der Waals surface area (Å²) in [5, 5.41) is 2.30. The van der Waals surface area contributed by atoms with Crippen LogP contribution < -0.4 is 4.57 Å². The Morgan fingerprint density at radius 1 is 0.576 bits per heavy atom. The molecule has 0 saturated heterocycles. The van der Waals surface area contributed by atoms with E-state index in [1.165, 1.54) is 16.7 Å². The monoisotopic (exact) mass is 426 g/mol.